The van der Waals surface area contributed by atoms with E-state index in [1.165, 1.54) is 12.8 Å². The first-order chi connectivity index (χ1) is 7.31. The molecule has 1 heterocycles. The van der Waals surface area contributed by atoms with Crippen LogP contribution in [0.15, 0.2) is 18.5 Å². The maximum absolute atomic E-state index is 11.8. The maximum Gasteiger partial charge on any atom is 0.253 e. The van der Waals surface area contributed by atoms with Gasteiger partial charge in [-0.25, -0.2) is 0 Å². The van der Waals surface area contributed by atoms with Gasteiger partial charge < -0.3 is 10.6 Å². The number of nitrogens with zero attached hydrogens (tertiary/aromatic N) is 1. The molecule has 15 heavy (non-hydrogen) atoms. The van der Waals surface area contributed by atoms with Gasteiger partial charge in [0.1, 0.15) is 0 Å². The van der Waals surface area contributed by atoms with Crippen LogP contribution in [0.2, 0.25) is 0 Å². The minimum absolute atomic E-state index is 0.0198. The van der Waals surface area contributed by atoms with Gasteiger partial charge in [0.25, 0.3) is 5.91 Å². The number of amides is 1. The third kappa shape index (κ3) is 2.46. The van der Waals surface area contributed by atoms with Gasteiger partial charge in [-0.3, -0.25) is 9.78 Å². The normalized spacial score (nSPS) is 14.7. The van der Waals surface area contributed by atoms with Gasteiger partial charge in [-0.05, 0) is 24.8 Å². The van der Waals surface area contributed by atoms with Crippen LogP contribution in [0.1, 0.15) is 23.2 Å². The zero-order valence-electron chi connectivity index (χ0n) is 8.79. The lowest BCUT2D eigenvalue weighted by molar-refractivity contribution is 0.0952. The maximum atomic E-state index is 11.8. The topological polar surface area (TPSA) is 54.0 Å². The average Bonchev–Trinajstić information content (AvgIpc) is 3.09. The number of aromatic nitrogens is 1. The molecule has 4 nitrogen and oxygen atoms in total. The van der Waals surface area contributed by atoms with Crippen molar-refractivity contribution in [3.8, 4) is 0 Å². The predicted molar refractivity (Wildman–Crippen MR) is 58.8 cm³/mol. The molecule has 1 aliphatic carbocycles. The lowest BCUT2D eigenvalue weighted by Crippen LogP contribution is -2.26. The number of pyridine rings is 1. The first-order valence-electron chi connectivity index (χ1n) is 5.21. The molecule has 2 N–H and O–H groups in total. The molecule has 1 fully saturated rings. The van der Waals surface area contributed by atoms with Gasteiger partial charge in [0, 0.05) is 19.8 Å². The second-order valence-corrected chi connectivity index (χ2v) is 3.82. The van der Waals surface area contributed by atoms with E-state index in [-0.39, 0.29) is 5.91 Å². The molecule has 1 aromatic rings. The molecule has 1 amide bonds. The van der Waals surface area contributed by atoms with E-state index in [0.717, 1.165) is 12.2 Å². The highest BCUT2D eigenvalue weighted by atomic mass is 16.1. The Labute approximate surface area is 89.1 Å². The van der Waals surface area contributed by atoms with Crippen LogP contribution in [0.3, 0.4) is 0 Å². The molecule has 2 rings (SSSR count). The fraction of sp³-hybridized carbons (Fsp3) is 0.455. The fourth-order valence-corrected chi connectivity index (χ4v) is 1.45. The predicted octanol–water partition coefficient (Wildman–Crippen LogP) is 1.26. The zero-order valence-corrected chi connectivity index (χ0v) is 8.79. The van der Waals surface area contributed by atoms with Crippen LogP contribution in [-0.2, 0) is 0 Å². The molecule has 1 aliphatic rings. The van der Waals surface area contributed by atoms with E-state index in [1.807, 2.05) is 0 Å². The minimum Gasteiger partial charge on any atom is -0.386 e. The lowest BCUT2D eigenvalue weighted by Gasteiger charge is -2.08. The van der Waals surface area contributed by atoms with Crippen molar-refractivity contribution in [2.24, 2.45) is 5.92 Å². The van der Waals surface area contributed by atoms with E-state index in [4.69, 9.17) is 0 Å². The van der Waals surface area contributed by atoms with E-state index in [9.17, 15) is 4.79 Å². The second kappa shape index (κ2) is 4.29. The molecular weight excluding hydrogens is 190 g/mol. The minimum atomic E-state index is -0.0198. The highest BCUT2D eigenvalue weighted by molar-refractivity contribution is 5.99. The van der Waals surface area contributed by atoms with Crippen molar-refractivity contribution < 1.29 is 4.79 Å². The molecule has 1 saturated carbocycles. The smallest absolute Gasteiger partial charge is 0.253 e. The molecule has 0 atom stereocenters. The third-order valence-electron chi connectivity index (χ3n) is 2.58. The van der Waals surface area contributed by atoms with E-state index < -0.39 is 0 Å². The van der Waals surface area contributed by atoms with Gasteiger partial charge in [0.15, 0.2) is 0 Å². The lowest BCUT2D eigenvalue weighted by atomic mass is 10.2. The van der Waals surface area contributed by atoms with E-state index in [0.29, 0.717) is 11.5 Å². The summed E-state index contributed by atoms with van der Waals surface area (Å²) in [5, 5.41) is 5.89. The summed E-state index contributed by atoms with van der Waals surface area (Å²) in [5.74, 6) is 0.683. The van der Waals surface area contributed by atoms with Gasteiger partial charge in [0.2, 0.25) is 0 Å². The number of rotatable bonds is 4. The van der Waals surface area contributed by atoms with Crippen LogP contribution < -0.4 is 10.6 Å². The van der Waals surface area contributed by atoms with Crippen molar-refractivity contribution in [2.45, 2.75) is 12.8 Å². The highest BCUT2D eigenvalue weighted by Gasteiger charge is 2.22. The Morgan fingerprint density at radius 3 is 3.07 bits per heavy atom. The molecule has 0 spiro atoms. The number of nitrogens with one attached hydrogen (secondary N) is 2. The number of hydrogen-bond acceptors (Lipinski definition) is 3. The molecule has 0 aromatic carbocycles. The summed E-state index contributed by atoms with van der Waals surface area (Å²) in [5.41, 5.74) is 1.43. The highest BCUT2D eigenvalue weighted by Crippen LogP contribution is 2.27. The van der Waals surface area contributed by atoms with Crippen LogP contribution in [0.25, 0.3) is 0 Å². The summed E-state index contributed by atoms with van der Waals surface area (Å²) in [6.45, 7) is 0.796. The summed E-state index contributed by atoms with van der Waals surface area (Å²) < 4.78 is 0. The summed E-state index contributed by atoms with van der Waals surface area (Å²) in [4.78, 5) is 15.7. The summed E-state index contributed by atoms with van der Waals surface area (Å²) in [6.07, 6.45) is 5.78. The van der Waals surface area contributed by atoms with Crippen molar-refractivity contribution in [1.82, 2.24) is 10.3 Å². The number of anilines is 1. The Bertz CT molecular complexity index is 361. The van der Waals surface area contributed by atoms with Crippen molar-refractivity contribution >= 4 is 11.6 Å². The summed E-state index contributed by atoms with van der Waals surface area (Å²) >= 11 is 0. The molecule has 0 saturated heterocycles. The molecule has 80 valence electrons. The number of carbonyl (C=O) groups excluding carboxylic acids is 1. The standard InChI is InChI=1S/C11H15N3O/c1-12-10-7-13-5-4-9(10)11(15)14-6-8-2-3-8/h4-5,7-8,12H,2-3,6H2,1H3,(H,14,15). The molecule has 4 heteroatoms. The first kappa shape index (κ1) is 9.96. The monoisotopic (exact) mass is 205 g/mol. The number of hydrogen-bond donors (Lipinski definition) is 2. The SMILES string of the molecule is CNc1cnccc1C(=O)NCC1CC1. The van der Waals surface area contributed by atoms with Gasteiger partial charge in [-0.15, -0.1) is 0 Å². The second-order valence-electron chi connectivity index (χ2n) is 3.82. The zero-order chi connectivity index (χ0) is 10.7. The molecular formula is C11H15N3O. The van der Waals surface area contributed by atoms with Gasteiger partial charge in [-0.2, -0.15) is 0 Å². The van der Waals surface area contributed by atoms with Crippen molar-refractivity contribution in [1.29, 1.82) is 0 Å². The molecule has 0 bridgehead atoms. The number of carbonyl (C=O) groups is 1. The van der Waals surface area contributed by atoms with Crippen molar-refractivity contribution in [2.75, 3.05) is 18.9 Å². The Balaban J connectivity index is 2.02. The van der Waals surface area contributed by atoms with Crippen LogP contribution in [0.4, 0.5) is 5.69 Å². The van der Waals surface area contributed by atoms with E-state index >= 15 is 0 Å². The van der Waals surface area contributed by atoms with Gasteiger partial charge in [0.05, 0.1) is 17.4 Å². The molecule has 1 aromatic heterocycles. The van der Waals surface area contributed by atoms with Gasteiger partial charge >= 0.3 is 0 Å². The van der Waals surface area contributed by atoms with Gasteiger partial charge in [-0.1, -0.05) is 0 Å². The Morgan fingerprint density at radius 2 is 2.40 bits per heavy atom. The van der Waals surface area contributed by atoms with Crippen molar-refractivity contribution in [3.63, 3.8) is 0 Å². The van der Waals surface area contributed by atoms with Crippen molar-refractivity contribution in [3.05, 3.63) is 24.0 Å². The van der Waals surface area contributed by atoms with Crippen LogP contribution >= 0.6 is 0 Å². The quantitative estimate of drug-likeness (QED) is 0.778. The Hall–Kier alpha value is -1.58. The van der Waals surface area contributed by atoms with Crippen LogP contribution in [0.5, 0.6) is 0 Å². The summed E-state index contributed by atoms with van der Waals surface area (Å²) in [7, 11) is 1.79. The molecule has 0 radical (unpaired) electrons. The van der Waals surface area contributed by atoms with Crippen LogP contribution in [-0.4, -0.2) is 24.5 Å². The Morgan fingerprint density at radius 1 is 1.60 bits per heavy atom. The van der Waals surface area contributed by atoms with E-state index in [1.54, 1.807) is 25.5 Å². The van der Waals surface area contributed by atoms with Crippen LogP contribution in [0, 0.1) is 5.92 Å². The van der Waals surface area contributed by atoms with E-state index in [2.05, 4.69) is 15.6 Å². The Kier molecular flexibility index (Phi) is 2.85. The largest absolute Gasteiger partial charge is 0.386 e. The molecule has 0 unspecified atom stereocenters. The summed E-state index contributed by atoms with van der Waals surface area (Å²) in [6, 6.07) is 1.73. The first-order valence-corrected chi connectivity index (χ1v) is 5.21. The molecule has 0 aliphatic heterocycles. The third-order valence-corrected chi connectivity index (χ3v) is 2.58. The fourth-order valence-electron chi connectivity index (χ4n) is 1.45. The average molecular weight is 205 g/mol.